The van der Waals surface area contributed by atoms with Crippen molar-refractivity contribution in [3.05, 3.63) is 259 Å². The quantitative estimate of drug-likeness (QED) is 0.0267. The third-order valence-electron chi connectivity index (χ3n) is 20.7. The molecule has 15 rings (SSSR count). The van der Waals surface area contributed by atoms with Gasteiger partial charge < -0.3 is 93.3 Å². The molecule has 0 bridgehead atoms. The van der Waals surface area contributed by atoms with E-state index in [2.05, 4.69) is 103 Å². The van der Waals surface area contributed by atoms with Crippen molar-refractivity contribution in [2.75, 3.05) is 166 Å². The van der Waals surface area contributed by atoms with Crippen LogP contribution in [0.25, 0.3) is 22.6 Å². The minimum absolute atomic E-state index is 0.0539. The lowest BCUT2D eigenvalue weighted by atomic mass is 9.96. The number of benzene rings is 8. The van der Waals surface area contributed by atoms with Crippen molar-refractivity contribution < 1.29 is 51.1 Å². The van der Waals surface area contributed by atoms with Crippen LogP contribution in [0.3, 0.4) is 0 Å². The Labute approximate surface area is 745 Å². The van der Waals surface area contributed by atoms with Gasteiger partial charge in [-0.25, -0.2) is 28.0 Å². The maximum atomic E-state index is 12.0. The molecule has 1 aliphatic carbocycles. The maximum absolute atomic E-state index is 12.0. The number of ether oxygens (including phenoxy) is 2. The number of methoxy groups -OCH3 is 1. The Kier molecular flexibility index (Phi) is 40.0. The van der Waals surface area contributed by atoms with Crippen molar-refractivity contribution in [3.8, 4) is 28.3 Å². The average Bonchev–Trinajstić information content (AvgIpc) is 1.12. The molecule has 3 saturated heterocycles. The van der Waals surface area contributed by atoms with Gasteiger partial charge in [-0.15, -0.1) is 0 Å². The van der Waals surface area contributed by atoms with Gasteiger partial charge in [0.1, 0.15) is 12.3 Å². The first-order valence-electron chi connectivity index (χ1n) is 42.1. The summed E-state index contributed by atoms with van der Waals surface area (Å²) in [6.45, 7) is 5.90. The molecule has 31 nitrogen and oxygen atoms in total. The Morgan fingerprint density at radius 1 is 0.535 bits per heavy atom. The topological polar surface area (TPSA) is 408 Å². The van der Waals surface area contributed by atoms with Crippen LogP contribution in [-0.2, 0) is 37.3 Å². The zero-order chi connectivity index (χ0) is 91.5. The second kappa shape index (κ2) is 51.7. The third kappa shape index (κ3) is 32.1. The largest absolute Gasteiger partial charge is 0.494 e. The van der Waals surface area contributed by atoms with Crippen molar-refractivity contribution in [1.29, 1.82) is 0 Å². The number of pyridine rings is 1. The number of aromatic nitrogens is 4. The van der Waals surface area contributed by atoms with E-state index in [0.29, 0.717) is 50.1 Å². The molecule has 0 unspecified atom stereocenters. The van der Waals surface area contributed by atoms with Crippen LogP contribution < -0.4 is 83.5 Å². The van der Waals surface area contributed by atoms with Gasteiger partial charge in [0.2, 0.25) is 33.7 Å². The second-order valence-corrected chi connectivity index (χ2v) is 31.6. The number of rotatable bonds is 24. The molecule has 1 saturated carbocycles. The molecule has 0 spiro atoms. The number of amides is 7. The fraction of sp³-hybridized carbons (Fsp3) is 0.316. The summed E-state index contributed by atoms with van der Waals surface area (Å²) in [6.07, 6.45) is 22.7. The number of sulfonamides is 1. The molecule has 3 aromatic heterocycles. The summed E-state index contributed by atoms with van der Waals surface area (Å²) in [4.78, 5) is 89.1. The number of primary amides is 2. The second-order valence-electron chi connectivity index (χ2n) is 29.7. The summed E-state index contributed by atoms with van der Waals surface area (Å²) in [7, 11) is 12.9. The number of nitrogens with two attached hydrogens (primary N) is 2. The van der Waals surface area contributed by atoms with Gasteiger partial charge in [-0.3, -0.25) is 33.4 Å². The van der Waals surface area contributed by atoms with Crippen LogP contribution in [0.15, 0.2) is 230 Å². The number of hydrogen-bond acceptors (Lipinski definition) is 22. The van der Waals surface area contributed by atoms with Gasteiger partial charge in [0, 0.05) is 188 Å². The van der Waals surface area contributed by atoms with E-state index in [4.69, 9.17) is 25.4 Å². The number of nitrogens with one attached hydrogen (secondary N) is 11. The van der Waals surface area contributed by atoms with Gasteiger partial charge in [-0.05, 0) is 202 Å². The molecule has 11 aromatic rings. The summed E-state index contributed by atoms with van der Waals surface area (Å²) in [5.74, 6) is 0.377. The van der Waals surface area contributed by atoms with Crippen molar-refractivity contribution in [1.82, 2.24) is 35.5 Å². The highest BCUT2D eigenvalue weighted by Crippen LogP contribution is 2.34. The summed E-state index contributed by atoms with van der Waals surface area (Å²) < 4.78 is 40.6. The maximum Gasteiger partial charge on any atom is 0.414 e. The van der Waals surface area contributed by atoms with E-state index in [-0.39, 0.29) is 41.6 Å². The van der Waals surface area contributed by atoms with E-state index in [1.165, 1.54) is 42.8 Å². The number of aromatic amines is 1. The zero-order valence-corrected chi connectivity index (χ0v) is 75.2. The zero-order valence-electron chi connectivity index (χ0n) is 74.4. The lowest BCUT2D eigenvalue weighted by Crippen LogP contribution is -2.48. The molecule has 4 aliphatic rings. The predicted octanol–water partition coefficient (Wildman–Crippen LogP) is 15.4. The van der Waals surface area contributed by atoms with E-state index in [0.717, 1.165) is 159 Å². The number of H-pyrrole nitrogens is 1. The Morgan fingerprint density at radius 3 is 1.63 bits per heavy atom. The van der Waals surface area contributed by atoms with Crippen molar-refractivity contribution >= 4 is 108 Å². The summed E-state index contributed by atoms with van der Waals surface area (Å²) in [6, 6.07) is 60.3. The molecule has 15 N–H and O–H groups in total. The Balaban J connectivity index is 0.000000180. The molecule has 127 heavy (non-hydrogen) atoms. The summed E-state index contributed by atoms with van der Waals surface area (Å²) in [5.41, 5.74) is 28.8. The number of aryl methyl sites for hydroxylation is 1. The van der Waals surface area contributed by atoms with Crippen LogP contribution in [-0.4, -0.2) is 184 Å². The molecule has 8 aromatic carbocycles. The minimum atomic E-state index is -3.50. The van der Waals surface area contributed by atoms with Crippen molar-refractivity contribution in [2.45, 2.75) is 90.1 Å². The lowest BCUT2D eigenvalue weighted by Gasteiger charge is -2.33. The highest BCUT2D eigenvalue weighted by atomic mass is 32.2. The normalized spacial score (nSPS) is 13.0. The SMILES string of the molecule is CNc1cc(C(N)=O)cc(C(N)=O)c1.CNc1ccc(N2CCCCC2=O)c(OC)c1.CNc1ccc(N2CCCOC2=O)c(C)c1.CNc1cccc(-c2cnc[nH]2)c1.CNc1cccc(-c2cnco2)c1.CNc1cccc(CNC(=O)NC2CCCCC2)c1.CNc1cccc(Cc2ccncc2)c1.CNc1cccc(N(CC(=O)N2CCC2)S(C)(=O)=O)c1. The number of oxazole rings is 1. The molecule has 6 heterocycles. The summed E-state index contributed by atoms with van der Waals surface area (Å²) >= 11 is 0. The Bertz CT molecular complexity index is 5280. The van der Waals surface area contributed by atoms with E-state index >= 15 is 0 Å². The fourth-order valence-electron chi connectivity index (χ4n) is 13.6. The molecule has 32 heteroatoms. The van der Waals surface area contributed by atoms with Gasteiger partial charge in [-0.2, -0.15) is 0 Å². The van der Waals surface area contributed by atoms with Crippen LogP contribution in [0.4, 0.5) is 72.2 Å². The number of hydrogen-bond donors (Lipinski definition) is 13. The molecular weight excluding hydrogens is 1630 g/mol. The van der Waals surface area contributed by atoms with Crippen molar-refractivity contribution in [3.63, 3.8) is 0 Å². The lowest BCUT2D eigenvalue weighted by molar-refractivity contribution is -0.132. The average molecular weight is 1750 g/mol. The third-order valence-corrected chi connectivity index (χ3v) is 21.9. The van der Waals surface area contributed by atoms with Crippen molar-refractivity contribution in [2.24, 2.45) is 11.5 Å². The predicted molar refractivity (Wildman–Crippen MR) is 512 cm³/mol. The van der Waals surface area contributed by atoms with Crippen LogP contribution in [0.1, 0.15) is 107 Å². The molecule has 0 atom stereocenters. The smallest absolute Gasteiger partial charge is 0.414 e. The number of nitrogens with zero attached hydrogens (tertiary/aromatic N) is 7. The first kappa shape index (κ1) is 98.1. The molecular formula is C95H122N20O11S. The van der Waals surface area contributed by atoms with Crippen LogP contribution in [0.5, 0.6) is 5.75 Å². The van der Waals surface area contributed by atoms with Gasteiger partial charge in [-0.1, -0.05) is 73.9 Å². The van der Waals surface area contributed by atoms with E-state index in [9.17, 15) is 37.2 Å². The van der Waals surface area contributed by atoms with Crippen LogP contribution in [0, 0.1) is 6.92 Å². The molecule has 7 amide bonds. The number of carbonyl (C=O) groups is 6. The van der Waals surface area contributed by atoms with Gasteiger partial charge in [0.15, 0.2) is 12.2 Å². The van der Waals surface area contributed by atoms with Crippen LogP contribution >= 0.6 is 0 Å². The van der Waals surface area contributed by atoms with E-state index in [1.807, 2.05) is 194 Å². The number of urea groups is 1. The molecule has 4 fully saturated rings. The monoisotopic (exact) mass is 1750 g/mol. The van der Waals surface area contributed by atoms with E-state index in [1.54, 1.807) is 73.9 Å². The standard InChI is InChI=1S/C15H23N3O.C13H19N3O3S.C13H18N2O2.C13H14N2.C12H16N2O2.C10H11N3.C10H10N2O.C9H11N3O2/c1-16-14-9-5-6-12(10-14)11-17-15(19)18-13-7-3-2-4-8-13;1-14-11-5-3-6-12(9-11)16(20(2,18)19)10-13(17)15-7-4-8-15;1-14-10-6-7-11(12(9-10)17-2)15-8-4-3-5-13(15)16;1-14-13-4-2-3-12(10-13)9-11-5-7-15-8-6-11;1-9-8-10(13-2)4-5-11(9)14-6-3-7-16-12(14)15;2*1-11-9-4-2-3-8(5-9)10-6-12-7-13-10;1-12-7-3-5(8(10)13)2-6(4-7)9(11)14/h5-6,9-10,13,16H,2-4,7-8,11H2,1H3,(H2,17,18,19);3,5-6,9,14H,4,7-8,10H2,1-2H3;6-7,9,14H,3-5,8H2,1-2H3;2-8,10,14H,9H2,1H3;4-5,8,13H,3,6-7H2,1-2H3;2-7,11H,1H3,(H,12,13);2-7,11H,1H3;2-4,12H,1H3,(H2,10,13)(H2,11,14). The highest BCUT2D eigenvalue weighted by molar-refractivity contribution is 7.92. The highest BCUT2D eigenvalue weighted by Gasteiger charge is 2.28. The van der Waals surface area contributed by atoms with E-state index < -0.39 is 21.8 Å². The number of anilines is 11. The Hall–Kier alpha value is -14.3. The first-order valence-corrected chi connectivity index (χ1v) is 44.0. The van der Waals surface area contributed by atoms with Crippen LogP contribution in [0.2, 0.25) is 0 Å². The number of piperidine rings is 1. The fourth-order valence-corrected chi connectivity index (χ4v) is 14.4. The Morgan fingerprint density at radius 2 is 1.09 bits per heavy atom. The first-order chi connectivity index (χ1) is 61.4. The van der Waals surface area contributed by atoms with Gasteiger partial charge in [0.25, 0.3) is 0 Å². The molecule has 0 radical (unpaired) electrons. The number of carbonyl (C=O) groups excluding carboxylic acids is 6. The number of likely N-dealkylation sites (tertiary alicyclic amines) is 1. The minimum Gasteiger partial charge on any atom is -0.494 e. The van der Waals surface area contributed by atoms with Gasteiger partial charge in [0.05, 0.1) is 61.4 Å². The summed E-state index contributed by atoms with van der Waals surface area (Å²) in [5, 5.41) is 30.3. The number of cyclic esters (lactones) is 1. The molecule has 674 valence electrons. The number of imidazole rings is 1. The molecule has 3 aliphatic heterocycles. The van der Waals surface area contributed by atoms with Gasteiger partial charge >= 0.3 is 12.1 Å².